The standard InChI is InChI=1S/C14H20ClN3O2/c1-18(2)9-5-8-16-13(19)14(20)17-10-11-6-3-4-7-12(11)15/h3-4,6-7H,5,8-10H2,1-2H3,(H,16,19)(H,17,20). The van der Waals surface area contributed by atoms with Crippen molar-refractivity contribution in [1.82, 2.24) is 15.5 Å². The summed E-state index contributed by atoms with van der Waals surface area (Å²) >= 11 is 5.96. The van der Waals surface area contributed by atoms with E-state index >= 15 is 0 Å². The zero-order valence-corrected chi connectivity index (χ0v) is 12.5. The quantitative estimate of drug-likeness (QED) is 0.609. The molecule has 2 amide bonds. The van der Waals surface area contributed by atoms with Crippen LogP contribution >= 0.6 is 11.6 Å². The van der Waals surface area contributed by atoms with Crippen LogP contribution in [-0.4, -0.2) is 43.9 Å². The van der Waals surface area contributed by atoms with E-state index in [0.29, 0.717) is 11.6 Å². The van der Waals surface area contributed by atoms with E-state index in [1.807, 2.05) is 31.1 Å². The number of hydrogen-bond acceptors (Lipinski definition) is 3. The average Bonchev–Trinajstić information content (AvgIpc) is 2.42. The topological polar surface area (TPSA) is 61.4 Å². The second-order valence-electron chi connectivity index (χ2n) is 4.69. The summed E-state index contributed by atoms with van der Waals surface area (Å²) < 4.78 is 0. The van der Waals surface area contributed by atoms with Gasteiger partial charge in [0.05, 0.1) is 0 Å². The summed E-state index contributed by atoms with van der Waals surface area (Å²) in [7, 11) is 3.91. The van der Waals surface area contributed by atoms with Crippen LogP contribution in [0.4, 0.5) is 0 Å². The Bertz CT molecular complexity index is 463. The predicted molar refractivity (Wildman–Crippen MR) is 79.5 cm³/mol. The minimum absolute atomic E-state index is 0.240. The Morgan fingerprint density at radius 1 is 1.15 bits per heavy atom. The van der Waals surface area contributed by atoms with E-state index in [0.717, 1.165) is 18.5 Å². The van der Waals surface area contributed by atoms with E-state index in [-0.39, 0.29) is 6.54 Å². The predicted octanol–water partition coefficient (Wildman–Crippen LogP) is 1.02. The van der Waals surface area contributed by atoms with Gasteiger partial charge in [-0.05, 0) is 38.7 Å². The van der Waals surface area contributed by atoms with E-state index in [9.17, 15) is 9.59 Å². The molecule has 5 nitrogen and oxygen atoms in total. The van der Waals surface area contributed by atoms with E-state index in [1.165, 1.54) is 0 Å². The third kappa shape index (κ3) is 6.04. The molecule has 6 heteroatoms. The van der Waals surface area contributed by atoms with Gasteiger partial charge >= 0.3 is 11.8 Å². The molecular weight excluding hydrogens is 278 g/mol. The fourth-order valence-electron chi connectivity index (χ4n) is 1.58. The number of rotatable bonds is 6. The molecule has 1 aromatic rings. The van der Waals surface area contributed by atoms with E-state index in [1.54, 1.807) is 12.1 Å². The molecule has 0 aliphatic heterocycles. The molecule has 0 fully saturated rings. The molecule has 0 aliphatic carbocycles. The molecular formula is C14H20ClN3O2. The smallest absolute Gasteiger partial charge is 0.309 e. The van der Waals surface area contributed by atoms with Crippen LogP contribution < -0.4 is 10.6 Å². The molecule has 20 heavy (non-hydrogen) atoms. The lowest BCUT2D eigenvalue weighted by atomic mass is 10.2. The Hall–Kier alpha value is -1.59. The second-order valence-corrected chi connectivity index (χ2v) is 5.09. The molecule has 1 aromatic carbocycles. The van der Waals surface area contributed by atoms with Crippen LogP contribution in [0.1, 0.15) is 12.0 Å². The lowest BCUT2D eigenvalue weighted by Gasteiger charge is -2.10. The zero-order valence-electron chi connectivity index (χ0n) is 11.8. The highest BCUT2D eigenvalue weighted by Gasteiger charge is 2.12. The molecule has 0 aliphatic rings. The van der Waals surface area contributed by atoms with Crippen LogP contribution in [0.3, 0.4) is 0 Å². The molecule has 1 rings (SSSR count). The van der Waals surface area contributed by atoms with Crippen molar-refractivity contribution >= 4 is 23.4 Å². The highest BCUT2D eigenvalue weighted by atomic mass is 35.5. The van der Waals surface area contributed by atoms with Crippen molar-refractivity contribution in [2.75, 3.05) is 27.2 Å². The molecule has 110 valence electrons. The first kappa shape index (κ1) is 16.5. The fourth-order valence-corrected chi connectivity index (χ4v) is 1.78. The first-order valence-corrected chi connectivity index (χ1v) is 6.82. The Morgan fingerprint density at radius 3 is 2.45 bits per heavy atom. The number of halogens is 1. The summed E-state index contributed by atoms with van der Waals surface area (Å²) in [6.07, 6.45) is 0.802. The van der Waals surface area contributed by atoms with Gasteiger partial charge in [-0.15, -0.1) is 0 Å². The van der Waals surface area contributed by atoms with Crippen molar-refractivity contribution < 1.29 is 9.59 Å². The summed E-state index contributed by atoms with van der Waals surface area (Å²) in [5, 5.41) is 5.69. The van der Waals surface area contributed by atoms with Crippen LogP contribution in [0.15, 0.2) is 24.3 Å². The Labute approximate surface area is 124 Å². The first-order valence-electron chi connectivity index (χ1n) is 6.45. The molecule has 0 radical (unpaired) electrons. The Balaban J connectivity index is 2.28. The van der Waals surface area contributed by atoms with Gasteiger partial charge < -0.3 is 15.5 Å². The summed E-state index contributed by atoms with van der Waals surface area (Å²) in [6, 6.07) is 7.18. The van der Waals surface area contributed by atoms with Gasteiger partial charge in [-0.3, -0.25) is 9.59 Å². The van der Waals surface area contributed by atoms with Gasteiger partial charge in [0.15, 0.2) is 0 Å². The molecule has 0 spiro atoms. The third-order valence-corrected chi connectivity index (χ3v) is 3.04. The maximum Gasteiger partial charge on any atom is 0.309 e. The molecule has 2 N–H and O–H groups in total. The van der Waals surface area contributed by atoms with Crippen LogP contribution in [-0.2, 0) is 16.1 Å². The minimum atomic E-state index is -0.644. The molecule has 0 heterocycles. The molecule has 0 atom stereocenters. The summed E-state index contributed by atoms with van der Waals surface area (Å²) in [4.78, 5) is 25.1. The van der Waals surface area contributed by atoms with Gasteiger partial charge in [0, 0.05) is 18.1 Å². The highest BCUT2D eigenvalue weighted by Crippen LogP contribution is 2.14. The maximum atomic E-state index is 11.6. The average molecular weight is 298 g/mol. The number of carbonyl (C=O) groups excluding carboxylic acids is 2. The zero-order chi connectivity index (χ0) is 15.0. The monoisotopic (exact) mass is 297 g/mol. The van der Waals surface area contributed by atoms with Crippen LogP contribution in [0.5, 0.6) is 0 Å². The van der Waals surface area contributed by atoms with Gasteiger partial charge in [-0.25, -0.2) is 0 Å². The van der Waals surface area contributed by atoms with Crippen molar-refractivity contribution in [1.29, 1.82) is 0 Å². The molecule has 0 bridgehead atoms. The molecule has 0 saturated heterocycles. The van der Waals surface area contributed by atoms with Crippen LogP contribution in [0, 0.1) is 0 Å². The SMILES string of the molecule is CN(C)CCCNC(=O)C(=O)NCc1ccccc1Cl. The second kappa shape index (κ2) is 8.55. The van der Waals surface area contributed by atoms with Crippen molar-refractivity contribution in [3.63, 3.8) is 0 Å². The van der Waals surface area contributed by atoms with E-state index in [2.05, 4.69) is 10.6 Å². The van der Waals surface area contributed by atoms with Crippen molar-refractivity contribution in [3.8, 4) is 0 Å². The minimum Gasteiger partial charge on any atom is -0.348 e. The third-order valence-electron chi connectivity index (χ3n) is 2.67. The lowest BCUT2D eigenvalue weighted by Crippen LogP contribution is -2.40. The van der Waals surface area contributed by atoms with E-state index in [4.69, 9.17) is 11.6 Å². The lowest BCUT2D eigenvalue weighted by molar-refractivity contribution is -0.139. The van der Waals surface area contributed by atoms with Crippen molar-refractivity contribution in [3.05, 3.63) is 34.9 Å². The fraction of sp³-hybridized carbons (Fsp3) is 0.429. The number of nitrogens with one attached hydrogen (secondary N) is 2. The normalized spacial score (nSPS) is 10.4. The van der Waals surface area contributed by atoms with Gasteiger partial charge in [0.1, 0.15) is 0 Å². The molecule has 0 aromatic heterocycles. The number of benzene rings is 1. The van der Waals surface area contributed by atoms with Crippen LogP contribution in [0.25, 0.3) is 0 Å². The number of nitrogens with zero attached hydrogens (tertiary/aromatic N) is 1. The van der Waals surface area contributed by atoms with Gasteiger partial charge in [-0.1, -0.05) is 29.8 Å². The molecule has 0 saturated carbocycles. The largest absolute Gasteiger partial charge is 0.348 e. The summed E-state index contributed by atoms with van der Waals surface area (Å²) in [5.74, 6) is -1.26. The summed E-state index contributed by atoms with van der Waals surface area (Å²) in [5.41, 5.74) is 0.780. The van der Waals surface area contributed by atoms with Gasteiger partial charge in [0.25, 0.3) is 0 Å². The number of hydrogen-bond donors (Lipinski definition) is 2. The molecule has 0 unspecified atom stereocenters. The Morgan fingerprint density at radius 2 is 1.80 bits per heavy atom. The van der Waals surface area contributed by atoms with Crippen molar-refractivity contribution in [2.24, 2.45) is 0 Å². The van der Waals surface area contributed by atoms with Gasteiger partial charge in [0.2, 0.25) is 0 Å². The first-order chi connectivity index (χ1) is 9.50. The number of amides is 2. The van der Waals surface area contributed by atoms with Crippen molar-refractivity contribution in [2.45, 2.75) is 13.0 Å². The highest BCUT2D eigenvalue weighted by molar-refractivity contribution is 6.35. The Kier molecular flexibility index (Phi) is 7.04. The number of carbonyl (C=O) groups is 2. The van der Waals surface area contributed by atoms with Crippen LogP contribution in [0.2, 0.25) is 5.02 Å². The maximum absolute atomic E-state index is 11.6. The van der Waals surface area contributed by atoms with E-state index < -0.39 is 11.8 Å². The van der Waals surface area contributed by atoms with Gasteiger partial charge in [-0.2, -0.15) is 0 Å². The summed E-state index contributed by atoms with van der Waals surface area (Å²) in [6.45, 7) is 1.58.